The van der Waals surface area contributed by atoms with Crippen molar-refractivity contribution < 1.29 is 19.7 Å². The molecule has 2 aromatic heterocycles. The summed E-state index contributed by atoms with van der Waals surface area (Å²) >= 11 is 0. The maximum atomic E-state index is 12.1. The first-order chi connectivity index (χ1) is 13.4. The first kappa shape index (κ1) is 20.0. The van der Waals surface area contributed by atoms with Crippen LogP contribution in [-0.2, 0) is 16.1 Å². The molecule has 3 heterocycles. The summed E-state index contributed by atoms with van der Waals surface area (Å²) in [6.07, 6.45) is 1.32. The Balaban J connectivity index is 1.62. The Morgan fingerprint density at radius 3 is 2.32 bits per heavy atom. The second-order valence-electron chi connectivity index (χ2n) is 7.35. The number of anilines is 1. The number of aromatic hydroxyl groups is 2. The molecule has 0 spiro atoms. The Labute approximate surface area is 165 Å². The van der Waals surface area contributed by atoms with Crippen molar-refractivity contribution in [3.8, 4) is 11.8 Å². The van der Waals surface area contributed by atoms with Crippen LogP contribution in [0.4, 0.5) is 5.82 Å². The topological polar surface area (TPSA) is 91.1 Å². The molecule has 0 aromatic carbocycles. The SMILES string of the molecule is CC(C)C(=O)OC(CN1CCN(c2ccccn2)CC1)Cn1c(O)ccc1O. The third kappa shape index (κ3) is 4.95. The van der Waals surface area contributed by atoms with Gasteiger partial charge in [-0.1, -0.05) is 19.9 Å². The molecule has 0 saturated carbocycles. The highest BCUT2D eigenvalue weighted by Gasteiger charge is 2.25. The minimum absolute atomic E-state index is 0.0527. The predicted molar refractivity (Wildman–Crippen MR) is 105 cm³/mol. The van der Waals surface area contributed by atoms with E-state index in [1.807, 2.05) is 18.2 Å². The zero-order chi connectivity index (χ0) is 20.1. The van der Waals surface area contributed by atoms with Crippen LogP contribution in [0.15, 0.2) is 36.5 Å². The predicted octanol–water partition coefficient (Wildman–Crippen LogP) is 1.68. The molecule has 2 aromatic rings. The molecule has 2 N–H and O–H groups in total. The van der Waals surface area contributed by atoms with Crippen LogP contribution in [0.25, 0.3) is 0 Å². The van der Waals surface area contributed by atoms with Crippen molar-refractivity contribution in [1.82, 2.24) is 14.5 Å². The zero-order valence-electron chi connectivity index (χ0n) is 16.4. The molecule has 0 radical (unpaired) electrons. The standard InChI is InChI=1S/C20H28N4O4/c1-15(2)20(27)28-16(14-24-18(25)6-7-19(24)26)13-22-9-11-23(12-10-22)17-5-3-4-8-21-17/h3-8,15-16,25-26H,9-14H2,1-2H3. The summed E-state index contributed by atoms with van der Waals surface area (Å²) in [6.45, 7) is 7.61. The van der Waals surface area contributed by atoms with Gasteiger partial charge in [0.25, 0.3) is 0 Å². The van der Waals surface area contributed by atoms with E-state index in [0.717, 1.165) is 32.0 Å². The average molecular weight is 388 g/mol. The van der Waals surface area contributed by atoms with E-state index in [1.165, 1.54) is 16.7 Å². The van der Waals surface area contributed by atoms with Gasteiger partial charge in [0.1, 0.15) is 11.9 Å². The first-order valence-electron chi connectivity index (χ1n) is 9.60. The molecule has 1 saturated heterocycles. The van der Waals surface area contributed by atoms with Crippen LogP contribution in [0.3, 0.4) is 0 Å². The van der Waals surface area contributed by atoms with Crippen LogP contribution in [0, 0.1) is 5.92 Å². The molecular weight excluding hydrogens is 360 g/mol. The van der Waals surface area contributed by atoms with Gasteiger partial charge in [0, 0.05) is 51.1 Å². The third-order valence-corrected chi connectivity index (χ3v) is 4.88. The Bertz CT molecular complexity index is 750. The molecule has 1 unspecified atom stereocenters. The lowest BCUT2D eigenvalue weighted by Gasteiger charge is -2.37. The molecular formula is C20H28N4O4. The van der Waals surface area contributed by atoms with Crippen LogP contribution in [0.2, 0.25) is 0 Å². The second kappa shape index (κ2) is 8.97. The highest BCUT2D eigenvalue weighted by molar-refractivity contribution is 5.71. The van der Waals surface area contributed by atoms with Gasteiger partial charge in [-0.05, 0) is 12.1 Å². The lowest BCUT2D eigenvalue weighted by Crippen LogP contribution is -2.50. The highest BCUT2D eigenvalue weighted by Crippen LogP contribution is 2.22. The van der Waals surface area contributed by atoms with Crippen molar-refractivity contribution in [2.45, 2.75) is 26.5 Å². The first-order valence-corrected chi connectivity index (χ1v) is 9.60. The molecule has 152 valence electrons. The maximum absolute atomic E-state index is 12.1. The molecule has 1 aliphatic rings. The Morgan fingerprint density at radius 1 is 1.07 bits per heavy atom. The highest BCUT2D eigenvalue weighted by atomic mass is 16.5. The van der Waals surface area contributed by atoms with E-state index in [0.29, 0.717) is 6.54 Å². The Morgan fingerprint density at radius 2 is 1.75 bits per heavy atom. The number of hydrogen-bond acceptors (Lipinski definition) is 7. The van der Waals surface area contributed by atoms with E-state index in [9.17, 15) is 15.0 Å². The summed E-state index contributed by atoms with van der Waals surface area (Å²) in [4.78, 5) is 21.0. The molecule has 28 heavy (non-hydrogen) atoms. The number of aromatic nitrogens is 2. The number of carbonyl (C=O) groups excluding carboxylic acids is 1. The normalized spacial score (nSPS) is 16.3. The summed E-state index contributed by atoms with van der Waals surface area (Å²) in [6, 6.07) is 8.72. The minimum Gasteiger partial charge on any atom is -0.494 e. The van der Waals surface area contributed by atoms with E-state index >= 15 is 0 Å². The van der Waals surface area contributed by atoms with Crippen molar-refractivity contribution in [2.75, 3.05) is 37.6 Å². The van der Waals surface area contributed by atoms with Gasteiger partial charge in [-0.15, -0.1) is 0 Å². The molecule has 1 atom stereocenters. The second-order valence-corrected chi connectivity index (χ2v) is 7.35. The number of nitrogens with zero attached hydrogens (tertiary/aromatic N) is 4. The third-order valence-electron chi connectivity index (χ3n) is 4.88. The molecule has 0 aliphatic carbocycles. The van der Waals surface area contributed by atoms with Gasteiger partial charge < -0.3 is 19.8 Å². The number of pyridine rings is 1. The van der Waals surface area contributed by atoms with Crippen LogP contribution in [0.1, 0.15) is 13.8 Å². The van der Waals surface area contributed by atoms with Crippen molar-refractivity contribution in [3.05, 3.63) is 36.5 Å². The molecule has 3 rings (SSSR count). The number of carbonyl (C=O) groups is 1. The fraction of sp³-hybridized carbons (Fsp3) is 0.500. The minimum atomic E-state index is -0.472. The van der Waals surface area contributed by atoms with Gasteiger partial charge in [-0.2, -0.15) is 0 Å². The fourth-order valence-corrected chi connectivity index (χ4v) is 3.26. The molecule has 0 bridgehead atoms. The summed E-state index contributed by atoms with van der Waals surface area (Å²) in [5.41, 5.74) is 0. The number of ether oxygens (including phenoxy) is 1. The van der Waals surface area contributed by atoms with Crippen molar-refractivity contribution in [2.24, 2.45) is 5.92 Å². The van der Waals surface area contributed by atoms with Gasteiger partial charge >= 0.3 is 5.97 Å². The van der Waals surface area contributed by atoms with E-state index in [-0.39, 0.29) is 30.2 Å². The van der Waals surface area contributed by atoms with Gasteiger partial charge in [-0.25, -0.2) is 4.98 Å². The largest absolute Gasteiger partial charge is 0.494 e. The number of rotatable bonds is 7. The molecule has 0 amide bonds. The molecule has 1 aliphatic heterocycles. The molecule has 8 heteroatoms. The number of esters is 1. The van der Waals surface area contributed by atoms with Crippen LogP contribution in [-0.4, -0.2) is 69.5 Å². The van der Waals surface area contributed by atoms with Crippen LogP contribution >= 0.6 is 0 Å². The van der Waals surface area contributed by atoms with Crippen molar-refractivity contribution in [3.63, 3.8) is 0 Å². The van der Waals surface area contributed by atoms with Gasteiger partial charge in [-0.3, -0.25) is 14.3 Å². The van der Waals surface area contributed by atoms with E-state index < -0.39 is 6.10 Å². The van der Waals surface area contributed by atoms with Crippen LogP contribution in [0.5, 0.6) is 11.8 Å². The van der Waals surface area contributed by atoms with E-state index in [2.05, 4.69) is 14.8 Å². The zero-order valence-corrected chi connectivity index (χ0v) is 16.4. The van der Waals surface area contributed by atoms with Gasteiger partial charge in [0.05, 0.1) is 12.5 Å². The maximum Gasteiger partial charge on any atom is 0.308 e. The summed E-state index contributed by atoms with van der Waals surface area (Å²) < 4.78 is 7.01. The Kier molecular flexibility index (Phi) is 6.41. The lowest BCUT2D eigenvalue weighted by molar-refractivity contribution is -0.154. The fourth-order valence-electron chi connectivity index (χ4n) is 3.26. The van der Waals surface area contributed by atoms with Gasteiger partial charge in [0.15, 0.2) is 11.8 Å². The monoisotopic (exact) mass is 388 g/mol. The average Bonchev–Trinajstić information content (AvgIpc) is 3.01. The smallest absolute Gasteiger partial charge is 0.308 e. The van der Waals surface area contributed by atoms with Gasteiger partial charge in [0.2, 0.25) is 0 Å². The summed E-state index contributed by atoms with van der Waals surface area (Å²) in [5, 5.41) is 19.9. The lowest BCUT2D eigenvalue weighted by atomic mass is 10.2. The quantitative estimate of drug-likeness (QED) is 0.698. The van der Waals surface area contributed by atoms with Crippen molar-refractivity contribution in [1.29, 1.82) is 0 Å². The number of hydrogen-bond donors (Lipinski definition) is 2. The van der Waals surface area contributed by atoms with E-state index in [1.54, 1.807) is 20.0 Å². The summed E-state index contributed by atoms with van der Waals surface area (Å²) in [5.74, 6) is 0.330. The number of piperazine rings is 1. The van der Waals surface area contributed by atoms with E-state index in [4.69, 9.17) is 4.74 Å². The summed E-state index contributed by atoms with van der Waals surface area (Å²) in [7, 11) is 0. The van der Waals surface area contributed by atoms with Crippen LogP contribution < -0.4 is 4.90 Å². The Hall–Kier alpha value is -2.74. The molecule has 1 fully saturated rings. The van der Waals surface area contributed by atoms with Crippen molar-refractivity contribution >= 4 is 11.8 Å². The molecule has 8 nitrogen and oxygen atoms in total.